The third kappa shape index (κ3) is 3.62. The van der Waals surface area contributed by atoms with Crippen LogP contribution in [0, 0.1) is 0 Å². The number of nitrogens with one attached hydrogen (secondary N) is 2. The topological polar surface area (TPSA) is 70.6 Å². The van der Waals surface area contributed by atoms with Gasteiger partial charge in [-0.25, -0.2) is 4.21 Å². The van der Waals surface area contributed by atoms with Gasteiger partial charge in [-0.3, -0.25) is 8.91 Å². The molecule has 1 aromatic rings. The Bertz CT molecular complexity index is 494. The lowest BCUT2D eigenvalue weighted by atomic mass is 10.1. The predicted molar refractivity (Wildman–Crippen MR) is 79.3 cm³/mol. The van der Waals surface area contributed by atoms with Crippen LogP contribution < -0.4 is 10.0 Å². The minimum absolute atomic E-state index is 0.0805. The summed E-state index contributed by atoms with van der Waals surface area (Å²) >= 11 is 0.194. The van der Waals surface area contributed by atoms with Gasteiger partial charge in [-0.05, 0) is 19.9 Å². The number of hydrogen-bond donors (Lipinski definition) is 3. The Morgan fingerprint density at radius 1 is 1.58 bits per heavy atom. The second-order valence-corrected chi connectivity index (χ2v) is 7.73. The summed E-state index contributed by atoms with van der Waals surface area (Å²) in [4.78, 5) is 0. The van der Waals surface area contributed by atoms with Crippen molar-refractivity contribution in [2.24, 2.45) is 0 Å². The zero-order chi connectivity index (χ0) is 14.0. The molecule has 0 radical (unpaired) electrons. The molecule has 3 N–H and O–H groups in total. The fraction of sp³-hybridized carbons (Fsp3) is 0.500. The lowest BCUT2D eigenvalue weighted by Gasteiger charge is -2.16. The molecule has 19 heavy (non-hydrogen) atoms. The predicted octanol–water partition coefficient (Wildman–Crippen LogP) is 2.14. The van der Waals surface area contributed by atoms with Crippen LogP contribution in [0.25, 0.3) is 0 Å². The van der Waals surface area contributed by atoms with Crippen LogP contribution in [-0.4, -0.2) is 27.7 Å². The number of aromatic hydroxyl groups is 1. The molecule has 0 aromatic heterocycles. The average Bonchev–Trinajstić information content (AvgIpc) is 2.69. The highest BCUT2D eigenvalue weighted by Gasteiger charge is 2.33. The molecule has 2 atom stereocenters. The summed E-state index contributed by atoms with van der Waals surface area (Å²) in [6, 6.07) is 5.16. The molecular formula is C12H18N2O3S2. The first-order valence-corrected chi connectivity index (χ1v) is 7.84. The van der Waals surface area contributed by atoms with Gasteiger partial charge >= 0.3 is 0 Å². The smallest absolute Gasteiger partial charge is 0.261 e. The third-order valence-electron chi connectivity index (χ3n) is 2.82. The lowest BCUT2D eigenvalue weighted by Crippen LogP contribution is -2.21. The van der Waals surface area contributed by atoms with Gasteiger partial charge in [0.15, 0.2) is 0 Å². The van der Waals surface area contributed by atoms with E-state index in [0.29, 0.717) is 5.69 Å². The van der Waals surface area contributed by atoms with Gasteiger partial charge in [-0.1, -0.05) is 6.07 Å². The molecule has 2 rings (SSSR count). The number of thioether (sulfide) groups is 1. The second kappa shape index (κ2) is 5.70. The maximum atomic E-state index is 11.2. The molecule has 1 heterocycles. The van der Waals surface area contributed by atoms with E-state index in [1.54, 1.807) is 23.9 Å². The van der Waals surface area contributed by atoms with E-state index in [9.17, 15) is 9.32 Å². The van der Waals surface area contributed by atoms with Gasteiger partial charge in [0, 0.05) is 22.9 Å². The van der Waals surface area contributed by atoms with Gasteiger partial charge in [0.05, 0.1) is 18.2 Å². The first-order chi connectivity index (χ1) is 8.91. The molecule has 7 heteroatoms. The highest BCUT2D eigenvalue weighted by atomic mass is 32.2. The van der Waals surface area contributed by atoms with Crippen molar-refractivity contribution in [2.45, 2.75) is 24.0 Å². The van der Waals surface area contributed by atoms with Crippen molar-refractivity contribution in [3.63, 3.8) is 0 Å². The van der Waals surface area contributed by atoms with E-state index in [4.69, 9.17) is 0 Å². The van der Waals surface area contributed by atoms with Gasteiger partial charge in [0.1, 0.15) is 5.75 Å². The molecule has 0 amide bonds. The van der Waals surface area contributed by atoms with Crippen molar-refractivity contribution in [2.75, 3.05) is 18.4 Å². The Labute approximate surface area is 119 Å². The maximum absolute atomic E-state index is 11.2. The Morgan fingerprint density at radius 2 is 2.32 bits per heavy atom. The van der Waals surface area contributed by atoms with Crippen molar-refractivity contribution in [1.29, 1.82) is 0 Å². The van der Waals surface area contributed by atoms with Crippen LogP contribution >= 0.6 is 11.8 Å². The Hall–Kier alpha value is -0.760. The SMILES string of the molecule is COS(=O)Nc1ccc(C2NCC(C)(C)S2)c(O)c1. The number of hydrogen-bond acceptors (Lipinski definition) is 5. The summed E-state index contributed by atoms with van der Waals surface area (Å²) in [6.07, 6.45) is 0. The average molecular weight is 302 g/mol. The van der Waals surface area contributed by atoms with Gasteiger partial charge in [-0.15, -0.1) is 11.8 Å². The molecule has 2 unspecified atom stereocenters. The maximum Gasteiger partial charge on any atom is 0.261 e. The van der Waals surface area contributed by atoms with Crippen LogP contribution in [0.2, 0.25) is 0 Å². The van der Waals surface area contributed by atoms with E-state index in [0.717, 1.165) is 12.1 Å². The lowest BCUT2D eigenvalue weighted by molar-refractivity contribution is 0.449. The number of anilines is 1. The van der Waals surface area contributed by atoms with Crippen LogP contribution in [0.15, 0.2) is 18.2 Å². The summed E-state index contributed by atoms with van der Waals surface area (Å²) in [7, 11) is 1.35. The van der Waals surface area contributed by atoms with Gasteiger partial charge in [-0.2, -0.15) is 0 Å². The molecule has 0 saturated carbocycles. The standard InChI is InChI=1S/C12H18N2O3S2/c1-12(2)7-13-11(18-12)9-5-4-8(6-10(9)15)14-19(16)17-3/h4-6,11,13-15H,7H2,1-3H3. The monoisotopic (exact) mass is 302 g/mol. The highest BCUT2D eigenvalue weighted by molar-refractivity contribution is 8.01. The van der Waals surface area contributed by atoms with Crippen molar-refractivity contribution >= 4 is 28.7 Å². The number of phenols is 1. The van der Waals surface area contributed by atoms with E-state index in [2.05, 4.69) is 28.1 Å². The van der Waals surface area contributed by atoms with Crippen LogP contribution in [-0.2, 0) is 15.4 Å². The normalized spacial score (nSPS) is 23.2. The van der Waals surface area contributed by atoms with Gasteiger partial charge in [0.2, 0.25) is 0 Å². The molecule has 1 saturated heterocycles. The summed E-state index contributed by atoms with van der Waals surface area (Å²) in [5.41, 5.74) is 1.40. The molecule has 1 aliphatic heterocycles. The first kappa shape index (κ1) is 14.6. The largest absolute Gasteiger partial charge is 0.507 e. The minimum Gasteiger partial charge on any atom is -0.507 e. The van der Waals surface area contributed by atoms with E-state index in [1.165, 1.54) is 7.11 Å². The fourth-order valence-electron chi connectivity index (χ4n) is 1.88. The molecular weight excluding hydrogens is 284 g/mol. The fourth-order valence-corrected chi connectivity index (χ4v) is 3.58. The second-order valence-electron chi connectivity index (χ2n) is 4.92. The van der Waals surface area contributed by atoms with E-state index >= 15 is 0 Å². The Kier molecular flexibility index (Phi) is 4.39. The van der Waals surface area contributed by atoms with Crippen LogP contribution in [0.3, 0.4) is 0 Å². The van der Waals surface area contributed by atoms with Crippen LogP contribution in [0.4, 0.5) is 5.69 Å². The quantitative estimate of drug-likeness (QED) is 0.795. The number of rotatable bonds is 4. The van der Waals surface area contributed by atoms with Crippen molar-refractivity contribution < 1.29 is 13.5 Å². The number of benzene rings is 1. The Morgan fingerprint density at radius 3 is 2.84 bits per heavy atom. The van der Waals surface area contributed by atoms with E-state index in [1.807, 2.05) is 6.07 Å². The minimum atomic E-state index is -1.59. The van der Waals surface area contributed by atoms with Gasteiger partial charge < -0.3 is 10.4 Å². The third-order valence-corrected chi connectivity index (χ3v) is 4.96. The van der Waals surface area contributed by atoms with E-state index in [-0.39, 0.29) is 15.9 Å². The van der Waals surface area contributed by atoms with Gasteiger partial charge in [0.25, 0.3) is 11.3 Å². The van der Waals surface area contributed by atoms with Crippen molar-refractivity contribution in [3.05, 3.63) is 23.8 Å². The zero-order valence-electron chi connectivity index (χ0n) is 11.1. The molecule has 5 nitrogen and oxygen atoms in total. The molecule has 0 bridgehead atoms. The highest BCUT2D eigenvalue weighted by Crippen LogP contribution is 2.44. The summed E-state index contributed by atoms with van der Waals surface area (Å²) in [5, 5.41) is 13.5. The van der Waals surface area contributed by atoms with Crippen LogP contribution in [0.5, 0.6) is 5.75 Å². The Balaban J connectivity index is 2.14. The first-order valence-electron chi connectivity index (χ1n) is 5.88. The number of phenolic OH excluding ortho intramolecular Hbond substituents is 1. The van der Waals surface area contributed by atoms with Crippen molar-refractivity contribution in [3.8, 4) is 5.75 Å². The zero-order valence-corrected chi connectivity index (χ0v) is 12.7. The van der Waals surface area contributed by atoms with Crippen LogP contribution in [0.1, 0.15) is 24.8 Å². The molecule has 106 valence electrons. The summed E-state index contributed by atoms with van der Waals surface area (Å²) in [6.45, 7) is 5.23. The summed E-state index contributed by atoms with van der Waals surface area (Å²) in [5.74, 6) is 0.181. The molecule has 1 aliphatic rings. The molecule has 0 aliphatic carbocycles. The van der Waals surface area contributed by atoms with Crippen molar-refractivity contribution in [1.82, 2.24) is 5.32 Å². The van der Waals surface area contributed by atoms with E-state index < -0.39 is 11.3 Å². The molecule has 0 spiro atoms. The molecule has 1 fully saturated rings. The molecule has 1 aromatic carbocycles. The summed E-state index contributed by atoms with van der Waals surface area (Å²) < 4.78 is 18.6.